The quantitative estimate of drug-likeness (QED) is 0.544. The Morgan fingerprint density at radius 2 is 2.12 bits per heavy atom. The third kappa shape index (κ3) is 4.47. The fraction of sp³-hybridized carbons (Fsp3) is 0.250. The molecule has 0 unspecified atom stereocenters. The van der Waals surface area contributed by atoms with Crippen molar-refractivity contribution < 1.29 is 19.5 Å². The van der Waals surface area contributed by atoms with Gasteiger partial charge in [0.25, 0.3) is 0 Å². The molecule has 3 amide bonds. The molecule has 5 N–H and O–H groups in total. The van der Waals surface area contributed by atoms with Crippen molar-refractivity contribution in [2.45, 2.75) is 6.54 Å². The van der Waals surface area contributed by atoms with E-state index >= 15 is 0 Å². The lowest BCUT2D eigenvalue weighted by Gasteiger charge is -2.03. The van der Waals surface area contributed by atoms with Crippen molar-refractivity contribution >= 4 is 29.2 Å². The van der Waals surface area contributed by atoms with Crippen LogP contribution in [-0.4, -0.2) is 34.5 Å². The van der Waals surface area contributed by atoms with E-state index in [4.69, 9.17) is 10.8 Å². The van der Waals surface area contributed by atoms with Gasteiger partial charge in [-0.3, -0.25) is 4.79 Å². The van der Waals surface area contributed by atoms with E-state index in [0.29, 0.717) is 5.01 Å². The number of hydrogen-bond donors (Lipinski definition) is 4. The lowest BCUT2D eigenvalue weighted by molar-refractivity contribution is -0.117. The molecule has 0 saturated carbocycles. The highest BCUT2D eigenvalue weighted by molar-refractivity contribution is 7.09. The second kappa shape index (κ2) is 5.80. The van der Waals surface area contributed by atoms with Crippen LogP contribution >= 0.6 is 11.3 Å². The van der Waals surface area contributed by atoms with E-state index in [1.54, 1.807) is 0 Å². The van der Waals surface area contributed by atoms with E-state index in [9.17, 15) is 14.4 Å². The van der Waals surface area contributed by atoms with E-state index in [0.717, 1.165) is 11.3 Å². The predicted octanol–water partition coefficient (Wildman–Crippen LogP) is -0.874. The third-order valence-corrected chi connectivity index (χ3v) is 2.44. The molecule has 0 aliphatic rings. The van der Waals surface area contributed by atoms with Crippen LogP contribution in [0, 0.1) is 0 Å². The van der Waals surface area contributed by atoms with Gasteiger partial charge < -0.3 is 21.5 Å². The lowest BCUT2D eigenvalue weighted by atomic mass is 10.5. The molecule has 0 spiro atoms. The van der Waals surface area contributed by atoms with Gasteiger partial charge in [-0.25, -0.2) is 14.6 Å². The first-order valence-electron chi connectivity index (χ1n) is 4.46. The monoisotopic (exact) mass is 258 g/mol. The van der Waals surface area contributed by atoms with Crippen molar-refractivity contribution in [3.8, 4) is 0 Å². The molecule has 0 aromatic carbocycles. The summed E-state index contributed by atoms with van der Waals surface area (Å²) in [5.41, 5.74) is 4.76. The van der Waals surface area contributed by atoms with Crippen LogP contribution in [0.5, 0.6) is 0 Å². The Hall–Kier alpha value is -2.16. The van der Waals surface area contributed by atoms with Gasteiger partial charge in [-0.05, 0) is 0 Å². The number of nitrogens with two attached hydrogens (primary N) is 1. The van der Waals surface area contributed by atoms with Crippen LogP contribution in [-0.2, 0) is 11.3 Å². The Morgan fingerprint density at radius 3 is 2.65 bits per heavy atom. The highest BCUT2D eigenvalue weighted by Crippen LogP contribution is 2.08. The number of aromatic carboxylic acids is 1. The number of carbonyl (C=O) groups excluding carboxylic acids is 2. The summed E-state index contributed by atoms with van der Waals surface area (Å²) < 4.78 is 0. The number of nitrogens with one attached hydrogen (secondary N) is 2. The number of hydrogen-bond acceptors (Lipinski definition) is 5. The smallest absolute Gasteiger partial charge is 0.355 e. The van der Waals surface area contributed by atoms with Crippen molar-refractivity contribution in [2.24, 2.45) is 5.73 Å². The van der Waals surface area contributed by atoms with Crippen molar-refractivity contribution in [2.75, 3.05) is 6.54 Å². The molecule has 1 aromatic heterocycles. The van der Waals surface area contributed by atoms with Gasteiger partial charge in [0.05, 0.1) is 13.1 Å². The summed E-state index contributed by atoms with van der Waals surface area (Å²) in [5, 5.41) is 15.1. The maximum atomic E-state index is 11.1. The average molecular weight is 258 g/mol. The second-order valence-electron chi connectivity index (χ2n) is 2.93. The second-order valence-corrected chi connectivity index (χ2v) is 3.88. The molecule has 9 heteroatoms. The zero-order chi connectivity index (χ0) is 12.8. The topological polar surface area (TPSA) is 134 Å². The predicted molar refractivity (Wildman–Crippen MR) is 58.5 cm³/mol. The van der Waals surface area contributed by atoms with Gasteiger partial charge in [0.2, 0.25) is 5.91 Å². The van der Waals surface area contributed by atoms with Gasteiger partial charge in [-0.1, -0.05) is 0 Å². The van der Waals surface area contributed by atoms with Crippen molar-refractivity contribution in [1.29, 1.82) is 0 Å². The number of rotatable bonds is 5. The summed E-state index contributed by atoms with van der Waals surface area (Å²) >= 11 is 1.12. The van der Waals surface area contributed by atoms with E-state index in [2.05, 4.69) is 15.6 Å². The van der Waals surface area contributed by atoms with Crippen molar-refractivity contribution in [3.05, 3.63) is 16.1 Å². The van der Waals surface area contributed by atoms with Gasteiger partial charge in [-0.2, -0.15) is 0 Å². The molecule has 92 valence electrons. The Bertz CT molecular complexity index is 444. The number of carboxylic acid groups (broad SMARTS) is 1. The summed E-state index contributed by atoms with van der Waals surface area (Å²) in [5.74, 6) is -1.77. The summed E-state index contributed by atoms with van der Waals surface area (Å²) in [6.07, 6.45) is 0. The van der Waals surface area contributed by atoms with Gasteiger partial charge in [0.1, 0.15) is 5.01 Å². The zero-order valence-corrected chi connectivity index (χ0v) is 9.41. The minimum atomic E-state index is -1.12. The van der Waals surface area contributed by atoms with E-state index in [1.807, 2.05) is 0 Å². The van der Waals surface area contributed by atoms with E-state index in [-0.39, 0.29) is 18.8 Å². The number of carboxylic acids is 1. The number of carbonyl (C=O) groups is 3. The molecule has 1 rings (SSSR count). The van der Waals surface area contributed by atoms with Crippen LogP contribution < -0.4 is 16.4 Å². The molecule has 0 aliphatic carbocycles. The van der Waals surface area contributed by atoms with Crippen LogP contribution in [0.3, 0.4) is 0 Å². The molecule has 0 bridgehead atoms. The van der Waals surface area contributed by atoms with Crippen LogP contribution in [0.4, 0.5) is 4.79 Å². The Labute approximate surface area is 99.8 Å². The van der Waals surface area contributed by atoms with Crippen molar-refractivity contribution in [3.63, 3.8) is 0 Å². The highest BCUT2D eigenvalue weighted by atomic mass is 32.1. The number of nitrogens with zero attached hydrogens (tertiary/aromatic N) is 1. The molecule has 0 radical (unpaired) electrons. The summed E-state index contributed by atoms with van der Waals surface area (Å²) in [4.78, 5) is 35.7. The maximum Gasteiger partial charge on any atom is 0.355 e. The molecule has 0 aliphatic heterocycles. The van der Waals surface area contributed by atoms with Gasteiger partial charge >= 0.3 is 12.0 Å². The molecule has 1 heterocycles. The molecule has 0 saturated heterocycles. The first kappa shape index (κ1) is 12.9. The number of urea groups is 1. The fourth-order valence-electron chi connectivity index (χ4n) is 0.876. The first-order valence-corrected chi connectivity index (χ1v) is 5.34. The van der Waals surface area contributed by atoms with Crippen molar-refractivity contribution in [1.82, 2.24) is 15.6 Å². The van der Waals surface area contributed by atoms with E-state index in [1.165, 1.54) is 5.38 Å². The number of primary amides is 1. The Balaban J connectivity index is 2.36. The number of aromatic nitrogens is 1. The van der Waals surface area contributed by atoms with Crippen LogP contribution in [0.2, 0.25) is 0 Å². The molecule has 8 nitrogen and oxygen atoms in total. The maximum absolute atomic E-state index is 11.1. The zero-order valence-electron chi connectivity index (χ0n) is 8.60. The molecule has 17 heavy (non-hydrogen) atoms. The minimum Gasteiger partial charge on any atom is -0.476 e. The molecular weight excluding hydrogens is 248 g/mol. The molecule has 0 atom stereocenters. The Kier molecular flexibility index (Phi) is 4.40. The molecular formula is C8H10N4O4S. The average Bonchev–Trinajstić information content (AvgIpc) is 2.72. The van der Waals surface area contributed by atoms with Gasteiger partial charge in [0, 0.05) is 5.38 Å². The van der Waals surface area contributed by atoms with Gasteiger partial charge in [-0.15, -0.1) is 11.3 Å². The SMILES string of the molecule is NC(=O)CNC(=O)NCc1nc(C(=O)O)cs1. The van der Waals surface area contributed by atoms with E-state index < -0.39 is 17.9 Å². The normalized spacial score (nSPS) is 9.65. The first-order chi connectivity index (χ1) is 7.99. The van der Waals surface area contributed by atoms with Crippen LogP contribution in [0.25, 0.3) is 0 Å². The largest absolute Gasteiger partial charge is 0.476 e. The minimum absolute atomic E-state index is 0.0654. The van der Waals surface area contributed by atoms with Crippen LogP contribution in [0.1, 0.15) is 15.5 Å². The number of thiazole rings is 1. The Morgan fingerprint density at radius 1 is 1.41 bits per heavy atom. The van der Waals surface area contributed by atoms with Crippen LogP contribution in [0.15, 0.2) is 5.38 Å². The summed E-state index contributed by atoms with van der Waals surface area (Å²) in [6.45, 7) is -0.174. The van der Waals surface area contributed by atoms with Gasteiger partial charge in [0.15, 0.2) is 5.69 Å². The summed E-state index contributed by atoms with van der Waals surface area (Å²) in [6, 6.07) is -0.573. The summed E-state index contributed by atoms with van der Waals surface area (Å²) in [7, 11) is 0. The molecule has 0 fully saturated rings. The standard InChI is InChI=1S/C8H10N4O4S/c9-5(13)1-10-8(16)11-2-6-12-4(3-17-6)7(14)15/h3H,1-2H2,(H2,9,13)(H,14,15)(H2,10,11,16). The fourth-order valence-corrected chi connectivity index (χ4v) is 1.58. The highest BCUT2D eigenvalue weighted by Gasteiger charge is 2.09. The molecule has 1 aromatic rings. The number of amides is 3. The third-order valence-electron chi connectivity index (χ3n) is 1.59. The lowest BCUT2D eigenvalue weighted by Crippen LogP contribution is -2.40.